The van der Waals surface area contributed by atoms with Crippen molar-refractivity contribution in [1.82, 2.24) is 10.2 Å². The molecule has 0 heterocycles. The molecule has 0 unspecified atom stereocenters. The highest BCUT2D eigenvalue weighted by molar-refractivity contribution is 6.13. The molecule has 2 amide bonds. The molecule has 24 heavy (non-hydrogen) atoms. The van der Waals surface area contributed by atoms with Crippen LogP contribution < -0.4 is 15.4 Å². The first-order valence-corrected chi connectivity index (χ1v) is 8.28. The Kier molecular flexibility index (Phi) is 5.83. The van der Waals surface area contributed by atoms with Gasteiger partial charge in [0.05, 0.1) is 12.8 Å². The number of ether oxygens (including phenoxy) is 1. The van der Waals surface area contributed by atoms with Gasteiger partial charge in [0, 0.05) is 6.54 Å². The Morgan fingerprint density at radius 1 is 1.25 bits per heavy atom. The second-order valence-corrected chi connectivity index (χ2v) is 6.65. The summed E-state index contributed by atoms with van der Waals surface area (Å²) in [6, 6.07) is 5.58. The molecule has 1 saturated carbocycles. The predicted molar refractivity (Wildman–Crippen MR) is 94.2 cm³/mol. The number of hydrogen-bond donors (Lipinski definition) is 2. The van der Waals surface area contributed by atoms with E-state index >= 15 is 0 Å². The van der Waals surface area contributed by atoms with Crippen molar-refractivity contribution in [1.29, 1.82) is 0 Å². The summed E-state index contributed by atoms with van der Waals surface area (Å²) < 4.78 is 5.28. The highest BCUT2D eigenvalue weighted by Crippen LogP contribution is 2.47. The van der Waals surface area contributed by atoms with Crippen LogP contribution in [0.3, 0.4) is 0 Å². The molecule has 0 aliphatic heterocycles. The van der Waals surface area contributed by atoms with Crippen LogP contribution in [-0.2, 0) is 9.59 Å². The van der Waals surface area contributed by atoms with Gasteiger partial charge in [0.25, 0.3) is 0 Å². The fourth-order valence-corrected chi connectivity index (χ4v) is 2.61. The SMILES string of the molecule is COc1ccc(C)cc1NC(=O)C1(C(=O)NCCCN(C)C)CC1. The van der Waals surface area contributed by atoms with Gasteiger partial charge in [-0.1, -0.05) is 6.07 Å². The number of nitrogens with zero attached hydrogens (tertiary/aromatic N) is 1. The Balaban J connectivity index is 1.96. The number of amides is 2. The lowest BCUT2D eigenvalue weighted by Crippen LogP contribution is -2.40. The minimum atomic E-state index is -0.924. The van der Waals surface area contributed by atoms with Crippen LogP contribution in [0.4, 0.5) is 5.69 Å². The molecule has 6 heteroatoms. The van der Waals surface area contributed by atoms with Crippen LogP contribution in [0.2, 0.25) is 0 Å². The maximum absolute atomic E-state index is 12.6. The number of methoxy groups -OCH3 is 1. The smallest absolute Gasteiger partial charge is 0.240 e. The maximum Gasteiger partial charge on any atom is 0.240 e. The lowest BCUT2D eigenvalue weighted by Gasteiger charge is -2.17. The fourth-order valence-electron chi connectivity index (χ4n) is 2.61. The Morgan fingerprint density at radius 2 is 1.96 bits per heavy atom. The summed E-state index contributed by atoms with van der Waals surface area (Å²) in [6.45, 7) is 3.43. The third kappa shape index (κ3) is 4.26. The summed E-state index contributed by atoms with van der Waals surface area (Å²) in [5.41, 5.74) is 0.700. The van der Waals surface area contributed by atoms with Crippen LogP contribution in [-0.4, -0.2) is 51.0 Å². The minimum Gasteiger partial charge on any atom is -0.495 e. The number of rotatable bonds is 8. The third-order valence-electron chi connectivity index (χ3n) is 4.29. The number of anilines is 1. The van der Waals surface area contributed by atoms with Gasteiger partial charge in [0.15, 0.2) is 0 Å². The van der Waals surface area contributed by atoms with Crippen LogP contribution >= 0.6 is 0 Å². The molecule has 1 aromatic carbocycles. The van der Waals surface area contributed by atoms with Crippen LogP contribution in [0.25, 0.3) is 0 Å². The van der Waals surface area contributed by atoms with E-state index in [-0.39, 0.29) is 11.8 Å². The molecule has 2 rings (SSSR count). The van der Waals surface area contributed by atoms with Gasteiger partial charge in [-0.25, -0.2) is 0 Å². The quantitative estimate of drug-likeness (QED) is 0.562. The summed E-state index contributed by atoms with van der Waals surface area (Å²) in [4.78, 5) is 27.1. The lowest BCUT2D eigenvalue weighted by molar-refractivity contribution is -0.134. The zero-order valence-corrected chi connectivity index (χ0v) is 14.9. The molecule has 0 aromatic heterocycles. The van der Waals surface area contributed by atoms with E-state index < -0.39 is 5.41 Å². The number of carbonyl (C=O) groups excluding carboxylic acids is 2. The van der Waals surface area contributed by atoms with Gasteiger partial charge < -0.3 is 20.3 Å². The summed E-state index contributed by atoms with van der Waals surface area (Å²) >= 11 is 0. The monoisotopic (exact) mass is 333 g/mol. The number of carbonyl (C=O) groups is 2. The summed E-state index contributed by atoms with van der Waals surface area (Å²) in [5, 5.41) is 5.75. The molecule has 2 N–H and O–H groups in total. The molecule has 0 atom stereocenters. The summed E-state index contributed by atoms with van der Waals surface area (Å²) in [6.07, 6.45) is 2.04. The van der Waals surface area contributed by atoms with Crippen molar-refractivity contribution in [3.05, 3.63) is 23.8 Å². The van der Waals surface area contributed by atoms with E-state index in [2.05, 4.69) is 15.5 Å². The van der Waals surface area contributed by atoms with Gasteiger partial charge >= 0.3 is 0 Å². The normalized spacial score (nSPS) is 15.0. The number of nitrogens with one attached hydrogen (secondary N) is 2. The topological polar surface area (TPSA) is 70.7 Å². The van der Waals surface area contributed by atoms with Crippen LogP contribution in [0.5, 0.6) is 5.75 Å². The number of aryl methyl sites for hydroxylation is 1. The molecular weight excluding hydrogens is 306 g/mol. The predicted octanol–water partition coefficient (Wildman–Crippen LogP) is 1.79. The minimum absolute atomic E-state index is 0.176. The molecule has 132 valence electrons. The molecule has 1 aliphatic rings. The van der Waals surface area contributed by atoms with E-state index in [0.29, 0.717) is 30.8 Å². The second kappa shape index (κ2) is 7.66. The largest absolute Gasteiger partial charge is 0.495 e. The van der Waals surface area contributed by atoms with Gasteiger partial charge in [-0.15, -0.1) is 0 Å². The van der Waals surface area contributed by atoms with E-state index in [1.807, 2.05) is 39.2 Å². The molecular formula is C18H27N3O3. The van der Waals surface area contributed by atoms with E-state index in [1.165, 1.54) is 0 Å². The second-order valence-electron chi connectivity index (χ2n) is 6.65. The summed E-state index contributed by atoms with van der Waals surface area (Å²) in [5.74, 6) is 0.165. The van der Waals surface area contributed by atoms with Crippen LogP contribution in [0.1, 0.15) is 24.8 Å². The Labute approximate surface area is 143 Å². The van der Waals surface area contributed by atoms with Gasteiger partial charge in [0.1, 0.15) is 11.2 Å². The molecule has 0 spiro atoms. The molecule has 1 fully saturated rings. The van der Waals surface area contributed by atoms with Crippen LogP contribution in [0.15, 0.2) is 18.2 Å². The average molecular weight is 333 g/mol. The Morgan fingerprint density at radius 3 is 2.54 bits per heavy atom. The number of benzene rings is 1. The van der Waals surface area contributed by atoms with Crippen molar-refractivity contribution in [3.8, 4) is 5.75 Å². The van der Waals surface area contributed by atoms with E-state index in [4.69, 9.17) is 4.74 Å². The van der Waals surface area contributed by atoms with E-state index in [9.17, 15) is 9.59 Å². The first kappa shape index (κ1) is 18.3. The number of hydrogen-bond acceptors (Lipinski definition) is 4. The molecule has 0 bridgehead atoms. The zero-order chi connectivity index (χ0) is 17.7. The van der Waals surface area contributed by atoms with Gasteiger partial charge in [0.2, 0.25) is 11.8 Å². The van der Waals surface area contributed by atoms with Crippen molar-refractivity contribution in [3.63, 3.8) is 0 Å². The van der Waals surface area contributed by atoms with Gasteiger partial charge in [-0.2, -0.15) is 0 Å². The molecule has 0 saturated heterocycles. The standard InChI is InChI=1S/C18H27N3O3/c1-13-6-7-15(24-4)14(12-13)20-17(23)18(8-9-18)16(22)19-10-5-11-21(2)3/h6-7,12H,5,8-11H2,1-4H3,(H,19,22)(H,20,23). The molecule has 0 radical (unpaired) electrons. The van der Waals surface area contributed by atoms with Crippen molar-refractivity contribution in [2.45, 2.75) is 26.2 Å². The van der Waals surface area contributed by atoms with Gasteiger partial charge in [-0.3, -0.25) is 9.59 Å². The fraction of sp³-hybridized carbons (Fsp3) is 0.556. The van der Waals surface area contributed by atoms with E-state index in [0.717, 1.165) is 18.5 Å². The molecule has 1 aliphatic carbocycles. The van der Waals surface area contributed by atoms with Crippen molar-refractivity contribution < 1.29 is 14.3 Å². The van der Waals surface area contributed by atoms with Crippen molar-refractivity contribution in [2.24, 2.45) is 5.41 Å². The van der Waals surface area contributed by atoms with Crippen molar-refractivity contribution >= 4 is 17.5 Å². The highest BCUT2D eigenvalue weighted by Gasteiger charge is 2.56. The van der Waals surface area contributed by atoms with Crippen molar-refractivity contribution in [2.75, 3.05) is 39.6 Å². The van der Waals surface area contributed by atoms with E-state index in [1.54, 1.807) is 7.11 Å². The average Bonchev–Trinajstić information content (AvgIpc) is 3.33. The maximum atomic E-state index is 12.6. The summed E-state index contributed by atoms with van der Waals surface area (Å²) in [7, 11) is 5.55. The lowest BCUT2D eigenvalue weighted by atomic mass is 10.0. The zero-order valence-electron chi connectivity index (χ0n) is 14.9. The molecule has 6 nitrogen and oxygen atoms in total. The van der Waals surface area contributed by atoms with Gasteiger partial charge in [-0.05, 0) is 64.5 Å². The third-order valence-corrected chi connectivity index (χ3v) is 4.29. The Bertz CT molecular complexity index is 610. The van der Waals surface area contributed by atoms with Crippen LogP contribution in [0, 0.1) is 12.3 Å². The first-order valence-electron chi connectivity index (χ1n) is 8.28. The first-order chi connectivity index (χ1) is 11.4. The molecule has 1 aromatic rings. The highest BCUT2D eigenvalue weighted by atomic mass is 16.5. The Hall–Kier alpha value is -2.08.